The molecule has 0 saturated heterocycles. The molecule has 0 fully saturated rings. The van der Waals surface area contributed by atoms with Gasteiger partial charge >= 0.3 is 0 Å². The molecule has 0 aliphatic rings. The summed E-state index contributed by atoms with van der Waals surface area (Å²) < 4.78 is 2.36. The molecule has 1 atom stereocenters. The average Bonchev–Trinajstić information content (AvgIpc) is 2.29. The molecular formula is C12H11IN2O. The van der Waals surface area contributed by atoms with Crippen molar-refractivity contribution in [2.75, 3.05) is 0 Å². The number of hydrogen-bond acceptors (Lipinski definition) is 2. The molecule has 2 rings (SSSR count). The fourth-order valence-corrected chi connectivity index (χ4v) is 1.95. The Labute approximate surface area is 107 Å². The zero-order valence-corrected chi connectivity index (χ0v) is 11.0. The molecule has 2 aromatic rings. The van der Waals surface area contributed by atoms with Crippen LogP contribution in [0.2, 0.25) is 0 Å². The SMILES string of the molecule is CC(c1ccccc1)n1ncc(I)cc1=O. The summed E-state index contributed by atoms with van der Waals surface area (Å²) in [5.74, 6) is 0. The first kappa shape index (κ1) is 11.3. The van der Waals surface area contributed by atoms with Crippen molar-refractivity contribution in [2.24, 2.45) is 0 Å². The highest BCUT2D eigenvalue weighted by Gasteiger charge is 2.09. The molecule has 1 aromatic heterocycles. The van der Waals surface area contributed by atoms with Gasteiger partial charge in [0, 0.05) is 9.64 Å². The highest BCUT2D eigenvalue weighted by Crippen LogP contribution is 2.14. The number of rotatable bonds is 2. The fraction of sp³-hybridized carbons (Fsp3) is 0.167. The molecular weight excluding hydrogens is 315 g/mol. The zero-order valence-electron chi connectivity index (χ0n) is 8.80. The van der Waals surface area contributed by atoms with Crippen LogP contribution in [0.5, 0.6) is 0 Å². The van der Waals surface area contributed by atoms with Crippen molar-refractivity contribution in [2.45, 2.75) is 13.0 Å². The fourth-order valence-electron chi connectivity index (χ4n) is 1.56. The second kappa shape index (κ2) is 4.78. The molecule has 1 aromatic carbocycles. The largest absolute Gasteiger partial charge is 0.268 e. The van der Waals surface area contributed by atoms with Crippen LogP contribution in [0.4, 0.5) is 0 Å². The summed E-state index contributed by atoms with van der Waals surface area (Å²) in [7, 11) is 0. The van der Waals surface area contributed by atoms with Gasteiger partial charge in [0.1, 0.15) is 0 Å². The van der Waals surface area contributed by atoms with Crippen LogP contribution < -0.4 is 5.56 Å². The topological polar surface area (TPSA) is 34.9 Å². The van der Waals surface area contributed by atoms with Gasteiger partial charge in [0.2, 0.25) is 0 Å². The highest BCUT2D eigenvalue weighted by atomic mass is 127. The lowest BCUT2D eigenvalue weighted by atomic mass is 10.1. The molecule has 82 valence electrons. The van der Waals surface area contributed by atoms with Crippen molar-refractivity contribution in [1.82, 2.24) is 9.78 Å². The Morgan fingerprint density at radius 2 is 2.00 bits per heavy atom. The van der Waals surface area contributed by atoms with Crippen LogP contribution in [0.15, 0.2) is 47.4 Å². The summed E-state index contributed by atoms with van der Waals surface area (Å²) in [6.45, 7) is 1.97. The van der Waals surface area contributed by atoms with Crippen LogP contribution in [0.1, 0.15) is 18.5 Å². The van der Waals surface area contributed by atoms with E-state index >= 15 is 0 Å². The number of benzene rings is 1. The Hall–Kier alpha value is -1.17. The van der Waals surface area contributed by atoms with Crippen molar-refractivity contribution in [3.8, 4) is 0 Å². The van der Waals surface area contributed by atoms with E-state index in [0.717, 1.165) is 9.13 Å². The smallest absolute Gasteiger partial charge is 0.268 e. The van der Waals surface area contributed by atoms with E-state index < -0.39 is 0 Å². The molecule has 1 heterocycles. The van der Waals surface area contributed by atoms with E-state index in [-0.39, 0.29) is 11.6 Å². The number of nitrogens with zero attached hydrogens (tertiary/aromatic N) is 2. The van der Waals surface area contributed by atoms with E-state index in [1.54, 1.807) is 12.3 Å². The first-order valence-corrected chi connectivity index (χ1v) is 6.05. The molecule has 0 aliphatic carbocycles. The summed E-state index contributed by atoms with van der Waals surface area (Å²) in [5, 5.41) is 4.15. The molecule has 16 heavy (non-hydrogen) atoms. The maximum absolute atomic E-state index is 11.8. The Morgan fingerprint density at radius 1 is 1.31 bits per heavy atom. The summed E-state index contributed by atoms with van der Waals surface area (Å²) in [4.78, 5) is 11.8. The maximum atomic E-state index is 11.8. The first-order valence-electron chi connectivity index (χ1n) is 4.98. The minimum absolute atomic E-state index is 0.0364. The van der Waals surface area contributed by atoms with Gasteiger partial charge in [-0.1, -0.05) is 30.3 Å². The van der Waals surface area contributed by atoms with Crippen molar-refractivity contribution in [3.63, 3.8) is 0 Å². The molecule has 0 aliphatic heterocycles. The van der Waals surface area contributed by atoms with Gasteiger partial charge in [0.25, 0.3) is 5.56 Å². The van der Waals surface area contributed by atoms with Crippen molar-refractivity contribution < 1.29 is 0 Å². The minimum Gasteiger partial charge on any atom is -0.268 e. The summed E-state index contributed by atoms with van der Waals surface area (Å²) in [5.41, 5.74) is 1.02. The van der Waals surface area contributed by atoms with Crippen molar-refractivity contribution in [1.29, 1.82) is 0 Å². The van der Waals surface area contributed by atoms with E-state index in [1.807, 2.05) is 37.3 Å². The zero-order chi connectivity index (χ0) is 11.5. The number of halogens is 1. The molecule has 0 N–H and O–H groups in total. The van der Waals surface area contributed by atoms with E-state index in [4.69, 9.17) is 0 Å². The summed E-state index contributed by atoms with van der Waals surface area (Å²) >= 11 is 2.08. The van der Waals surface area contributed by atoms with Gasteiger partial charge in [-0.05, 0) is 35.1 Å². The van der Waals surface area contributed by atoms with Gasteiger partial charge < -0.3 is 0 Å². The van der Waals surface area contributed by atoms with Crippen molar-refractivity contribution >= 4 is 22.6 Å². The van der Waals surface area contributed by atoms with E-state index in [9.17, 15) is 4.79 Å². The molecule has 0 radical (unpaired) electrons. The standard InChI is InChI=1S/C12H11IN2O/c1-9(10-5-3-2-4-6-10)15-12(16)7-11(13)8-14-15/h2-9H,1H3. The monoisotopic (exact) mass is 326 g/mol. The second-order valence-electron chi connectivity index (χ2n) is 3.54. The Bertz CT molecular complexity index is 536. The molecule has 0 bridgehead atoms. The normalized spacial score (nSPS) is 12.4. The Kier molecular flexibility index (Phi) is 3.38. The third-order valence-electron chi connectivity index (χ3n) is 2.44. The van der Waals surface area contributed by atoms with Crippen LogP contribution >= 0.6 is 22.6 Å². The third kappa shape index (κ3) is 2.32. The van der Waals surface area contributed by atoms with Crippen LogP contribution in [0.25, 0.3) is 0 Å². The van der Waals surface area contributed by atoms with Crippen LogP contribution in [0, 0.1) is 3.57 Å². The minimum atomic E-state index is -0.0664. The maximum Gasteiger partial charge on any atom is 0.268 e. The van der Waals surface area contributed by atoms with Crippen LogP contribution in [-0.2, 0) is 0 Å². The number of hydrogen-bond donors (Lipinski definition) is 0. The second-order valence-corrected chi connectivity index (χ2v) is 4.79. The van der Waals surface area contributed by atoms with Crippen molar-refractivity contribution in [3.05, 3.63) is 62.1 Å². The predicted molar refractivity (Wildman–Crippen MR) is 71.5 cm³/mol. The lowest BCUT2D eigenvalue weighted by molar-refractivity contribution is 0.530. The van der Waals surface area contributed by atoms with Crippen LogP contribution in [0.3, 0.4) is 0 Å². The number of aromatic nitrogens is 2. The Morgan fingerprint density at radius 3 is 2.62 bits per heavy atom. The van der Waals surface area contributed by atoms with E-state index in [2.05, 4.69) is 27.7 Å². The van der Waals surface area contributed by atoms with Gasteiger partial charge in [-0.2, -0.15) is 5.10 Å². The molecule has 0 amide bonds. The van der Waals surface area contributed by atoms with Gasteiger partial charge in [0.15, 0.2) is 0 Å². The van der Waals surface area contributed by atoms with Gasteiger partial charge in [-0.25, -0.2) is 4.68 Å². The predicted octanol–water partition coefficient (Wildman–Crippen LogP) is 2.46. The molecule has 0 spiro atoms. The van der Waals surface area contributed by atoms with E-state index in [1.165, 1.54) is 4.68 Å². The van der Waals surface area contributed by atoms with Crippen LogP contribution in [-0.4, -0.2) is 9.78 Å². The van der Waals surface area contributed by atoms with Gasteiger partial charge in [-0.15, -0.1) is 0 Å². The summed E-state index contributed by atoms with van der Waals surface area (Å²) in [6, 6.07) is 11.4. The lowest BCUT2D eigenvalue weighted by Gasteiger charge is -2.13. The molecule has 4 heteroatoms. The van der Waals surface area contributed by atoms with Gasteiger partial charge in [0.05, 0.1) is 12.2 Å². The quantitative estimate of drug-likeness (QED) is 0.795. The summed E-state index contributed by atoms with van der Waals surface area (Å²) in [6.07, 6.45) is 1.70. The highest BCUT2D eigenvalue weighted by molar-refractivity contribution is 14.1. The third-order valence-corrected chi connectivity index (χ3v) is 3.03. The average molecular weight is 326 g/mol. The molecule has 1 unspecified atom stereocenters. The first-order chi connectivity index (χ1) is 7.68. The molecule has 0 saturated carbocycles. The Balaban J connectivity index is 2.42. The lowest BCUT2D eigenvalue weighted by Crippen LogP contribution is -2.25. The molecule has 3 nitrogen and oxygen atoms in total. The van der Waals surface area contributed by atoms with E-state index in [0.29, 0.717) is 0 Å². The van der Waals surface area contributed by atoms with Gasteiger partial charge in [-0.3, -0.25) is 4.79 Å².